The molecule has 5 nitrogen and oxygen atoms in total. The van der Waals surface area contributed by atoms with Crippen molar-refractivity contribution in [2.24, 2.45) is 5.92 Å². The maximum absolute atomic E-state index is 12.3. The van der Waals surface area contributed by atoms with Crippen molar-refractivity contribution in [2.45, 2.75) is 12.8 Å². The van der Waals surface area contributed by atoms with E-state index < -0.39 is 0 Å². The highest BCUT2D eigenvalue weighted by molar-refractivity contribution is 6.30. The Bertz CT molecular complexity index is 749. The van der Waals surface area contributed by atoms with Crippen LogP contribution in [0.2, 0.25) is 5.02 Å². The molecule has 0 aromatic heterocycles. The Morgan fingerprint density at radius 1 is 1.08 bits per heavy atom. The van der Waals surface area contributed by atoms with Crippen LogP contribution in [-0.2, 0) is 9.59 Å². The average molecular weight is 372 g/mol. The summed E-state index contributed by atoms with van der Waals surface area (Å²) >= 11 is 5.88. The topological polar surface area (TPSA) is 61.4 Å². The summed E-state index contributed by atoms with van der Waals surface area (Å²) in [6.45, 7) is 1.78. The number of rotatable bonds is 7. The van der Waals surface area contributed by atoms with Gasteiger partial charge < -0.3 is 15.5 Å². The van der Waals surface area contributed by atoms with Crippen LogP contribution in [0.1, 0.15) is 12.8 Å². The Kier molecular flexibility index (Phi) is 6.12. The maximum atomic E-state index is 12.3. The van der Waals surface area contributed by atoms with Crippen LogP contribution >= 0.6 is 11.6 Å². The first-order chi connectivity index (χ1) is 12.6. The van der Waals surface area contributed by atoms with Crippen molar-refractivity contribution in [1.82, 2.24) is 5.32 Å². The molecule has 6 heteroatoms. The number of nitrogens with zero attached hydrogens (tertiary/aromatic N) is 1. The predicted molar refractivity (Wildman–Crippen MR) is 104 cm³/mol. The van der Waals surface area contributed by atoms with Crippen LogP contribution in [0, 0.1) is 5.92 Å². The fourth-order valence-corrected chi connectivity index (χ4v) is 3.11. The number of hydrogen-bond donors (Lipinski definition) is 2. The first-order valence-corrected chi connectivity index (χ1v) is 9.14. The van der Waals surface area contributed by atoms with Crippen LogP contribution in [0.25, 0.3) is 0 Å². The van der Waals surface area contributed by atoms with Gasteiger partial charge in [0.05, 0.1) is 5.92 Å². The van der Waals surface area contributed by atoms with Gasteiger partial charge in [-0.15, -0.1) is 0 Å². The lowest BCUT2D eigenvalue weighted by Crippen LogP contribution is -2.34. The van der Waals surface area contributed by atoms with E-state index in [1.165, 1.54) is 0 Å². The SMILES string of the molecule is O=C(NCCCNc1ccccc1)C1CC(=O)N(c2ccc(Cl)cc2)C1. The monoisotopic (exact) mass is 371 g/mol. The molecule has 3 rings (SSSR count). The zero-order valence-electron chi connectivity index (χ0n) is 14.5. The van der Waals surface area contributed by atoms with E-state index in [-0.39, 0.29) is 24.2 Å². The van der Waals surface area contributed by atoms with Gasteiger partial charge in [0.2, 0.25) is 11.8 Å². The summed E-state index contributed by atoms with van der Waals surface area (Å²) in [4.78, 5) is 26.2. The van der Waals surface area contributed by atoms with Crippen molar-refractivity contribution in [3.63, 3.8) is 0 Å². The molecule has 1 heterocycles. The fourth-order valence-electron chi connectivity index (χ4n) is 2.99. The van der Waals surface area contributed by atoms with Crippen molar-refractivity contribution in [1.29, 1.82) is 0 Å². The quantitative estimate of drug-likeness (QED) is 0.734. The second-order valence-corrected chi connectivity index (χ2v) is 6.76. The van der Waals surface area contributed by atoms with Crippen LogP contribution < -0.4 is 15.5 Å². The van der Waals surface area contributed by atoms with E-state index in [0.717, 1.165) is 24.3 Å². The van der Waals surface area contributed by atoms with E-state index in [0.29, 0.717) is 18.1 Å². The molecule has 0 saturated carbocycles. The third-order valence-corrected chi connectivity index (χ3v) is 4.64. The van der Waals surface area contributed by atoms with E-state index in [2.05, 4.69) is 10.6 Å². The average Bonchev–Trinajstić information content (AvgIpc) is 3.05. The van der Waals surface area contributed by atoms with Gasteiger partial charge in [-0.3, -0.25) is 9.59 Å². The van der Waals surface area contributed by atoms with Crippen LogP contribution in [0.4, 0.5) is 11.4 Å². The van der Waals surface area contributed by atoms with Crippen LogP contribution in [0.15, 0.2) is 54.6 Å². The first kappa shape index (κ1) is 18.3. The summed E-state index contributed by atoms with van der Waals surface area (Å²) in [7, 11) is 0. The highest BCUT2D eigenvalue weighted by atomic mass is 35.5. The van der Waals surface area contributed by atoms with Gasteiger partial charge in [0.15, 0.2) is 0 Å². The molecule has 136 valence electrons. The zero-order chi connectivity index (χ0) is 18.4. The minimum Gasteiger partial charge on any atom is -0.385 e. The molecule has 26 heavy (non-hydrogen) atoms. The maximum Gasteiger partial charge on any atom is 0.227 e. The van der Waals surface area contributed by atoms with Crippen molar-refractivity contribution < 1.29 is 9.59 Å². The van der Waals surface area contributed by atoms with Crippen LogP contribution in [0.5, 0.6) is 0 Å². The van der Waals surface area contributed by atoms with Gasteiger partial charge in [-0.25, -0.2) is 0 Å². The summed E-state index contributed by atoms with van der Waals surface area (Å²) in [5, 5.41) is 6.86. The summed E-state index contributed by atoms with van der Waals surface area (Å²) in [6, 6.07) is 17.0. The molecule has 2 N–H and O–H groups in total. The number of hydrogen-bond acceptors (Lipinski definition) is 3. The number of carbonyl (C=O) groups is 2. The molecule has 0 radical (unpaired) electrons. The Morgan fingerprint density at radius 2 is 1.81 bits per heavy atom. The van der Waals surface area contributed by atoms with Gasteiger partial charge in [0.1, 0.15) is 0 Å². The lowest BCUT2D eigenvalue weighted by molar-refractivity contribution is -0.126. The lowest BCUT2D eigenvalue weighted by atomic mass is 10.1. The Hall–Kier alpha value is -2.53. The van der Waals surface area contributed by atoms with Gasteiger partial charge in [-0.1, -0.05) is 29.8 Å². The van der Waals surface area contributed by atoms with E-state index in [4.69, 9.17) is 11.6 Å². The molecule has 1 aliphatic rings. The molecule has 2 amide bonds. The normalized spacial score (nSPS) is 16.6. The van der Waals surface area contributed by atoms with Gasteiger partial charge in [0, 0.05) is 42.5 Å². The van der Waals surface area contributed by atoms with E-state index in [1.54, 1.807) is 29.2 Å². The van der Waals surface area contributed by atoms with Crippen LogP contribution in [0.3, 0.4) is 0 Å². The third-order valence-electron chi connectivity index (χ3n) is 4.39. The van der Waals surface area contributed by atoms with Gasteiger partial charge >= 0.3 is 0 Å². The molecule has 0 aliphatic carbocycles. The number of halogens is 1. The Morgan fingerprint density at radius 3 is 2.54 bits per heavy atom. The number of benzene rings is 2. The Balaban J connectivity index is 1.41. The van der Waals surface area contributed by atoms with E-state index in [9.17, 15) is 9.59 Å². The standard InChI is InChI=1S/C20H22ClN3O2/c21-16-7-9-18(10-8-16)24-14-15(13-19(24)25)20(26)23-12-4-11-22-17-5-2-1-3-6-17/h1-3,5-10,15,22H,4,11-14H2,(H,23,26). The summed E-state index contributed by atoms with van der Waals surface area (Å²) in [5.74, 6) is -0.395. The van der Waals surface area contributed by atoms with Crippen LogP contribution in [-0.4, -0.2) is 31.4 Å². The van der Waals surface area contributed by atoms with Gasteiger partial charge in [-0.05, 0) is 42.8 Å². The molecule has 0 bridgehead atoms. The lowest BCUT2D eigenvalue weighted by Gasteiger charge is -2.16. The predicted octanol–water partition coefficient (Wildman–Crippen LogP) is 3.31. The molecule has 2 aromatic carbocycles. The Labute approximate surface area is 158 Å². The number of para-hydroxylation sites is 1. The number of carbonyl (C=O) groups excluding carboxylic acids is 2. The second-order valence-electron chi connectivity index (χ2n) is 6.32. The second kappa shape index (κ2) is 8.72. The van der Waals surface area contributed by atoms with E-state index >= 15 is 0 Å². The highest BCUT2D eigenvalue weighted by Gasteiger charge is 2.34. The molecule has 0 spiro atoms. The molecule has 1 unspecified atom stereocenters. The van der Waals surface area contributed by atoms with E-state index in [1.807, 2.05) is 30.3 Å². The first-order valence-electron chi connectivity index (χ1n) is 8.76. The third kappa shape index (κ3) is 4.76. The van der Waals surface area contributed by atoms with Gasteiger partial charge in [-0.2, -0.15) is 0 Å². The zero-order valence-corrected chi connectivity index (χ0v) is 15.2. The van der Waals surface area contributed by atoms with Crippen molar-refractivity contribution in [3.05, 3.63) is 59.6 Å². The summed E-state index contributed by atoms with van der Waals surface area (Å²) in [6.07, 6.45) is 1.07. The number of anilines is 2. The van der Waals surface area contributed by atoms with Gasteiger partial charge in [0.25, 0.3) is 0 Å². The van der Waals surface area contributed by atoms with Crippen molar-refractivity contribution in [3.8, 4) is 0 Å². The summed E-state index contributed by atoms with van der Waals surface area (Å²) < 4.78 is 0. The molecule has 1 fully saturated rings. The summed E-state index contributed by atoms with van der Waals surface area (Å²) in [5.41, 5.74) is 1.85. The molecule has 1 saturated heterocycles. The largest absolute Gasteiger partial charge is 0.385 e. The number of amides is 2. The number of nitrogens with one attached hydrogen (secondary N) is 2. The molecular formula is C20H22ClN3O2. The fraction of sp³-hybridized carbons (Fsp3) is 0.300. The molecule has 2 aromatic rings. The molecular weight excluding hydrogens is 350 g/mol. The van der Waals surface area contributed by atoms with Crippen molar-refractivity contribution >= 4 is 34.8 Å². The smallest absolute Gasteiger partial charge is 0.227 e. The minimum atomic E-state index is -0.305. The van der Waals surface area contributed by atoms with Crippen molar-refractivity contribution in [2.75, 3.05) is 29.9 Å². The molecule has 1 atom stereocenters. The molecule has 1 aliphatic heterocycles. The minimum absolute atomic E-state index is 0.0294. The highest BCUT2D eigenvalue weighted by Crippen LogP contribution is 2.26.